The van der Waals surface area contributed by atoms with Gasteiger partial charge in [-0.3, -0.25) is 0 Å². The van der Waals surface area contributed by atoms with Gasteiger partial charge in [0.15, 0.2) is 0 Å². The monoisotopic (exact) mass is 453 g/mol. The van der Waals surface area contributed by atoms with Crippen molar-refractivity contribution in [2.75, 3.05) is 6.54 Å². The molecule has 0 amide bonds. The lowest BCUT2D eigenvalue weighted by molar-refractivity contribution is 0.550. The van der Waals surface area contributed by atoms with Gasteiger partial charge in [-0.1, -0.05) is 18.5 Å². The SMILES string of the molecule is CCCNC(c1cc(C)c(Br)s1)c1cc(Cl)c(Br)cc1F. The zero-order valence-corrected chi connectivity index (χ0v) is 16.4. The second-order valence-electron chi connectivity index (χ2n) is 4.78. The fourth-order valence-corrected chi connectivity index (χ4v) is 4.19. The minimum absolute atomic E-state index is 0.189. The third-order valence-corrected chi connectivity index (χ3v) is 6.51. The van der Waals surface area contributed by atoms with E-state index in [4.69, 9.17) is 11.6 Å². The Morgan fingerprint density at radius 2 is 2.05 bits per heavy atom. The van der Waals surface area contributed by atoms with Crippen LogP contribution in [-0.4, -0.2) is 6.54 Å². The van der Waals surface area contributed by atoms with Crippen molar-refractivity contribution in [3.8, 4) is 0 Å². The quantitative estimate of drug-likeness (QED) is 0.510. The number of thiophene rings is 1. The molecule has 0 aliphatic heterocycles. The normalized spacial score (nSPS) is 12.7. The van der Waals surface area contributed by atoms with Gasteiger partial charge in [-0.25, -0.2) is 4.39 Å². The van der Waals surface area contributed by atoms with Gasteiger partial charge in [0.05, 0.1) is 14.9 Å². The van der Waals surface area contributed by atoms with Crippen LogP contribution in [0.3, 0.4) is 0 Å². The summed E-state index contributed by atoms with van der Waals surface area (Å²) in [5.74, 6) is -0.262. The molecule has 1 aromatic heterocycles. The van der Waals surface area contributed by atoms with Crippen molar-refractivity contribution in [2.45, 2.75) is 26.3 Å². The first-order chi connectivity index (χ1) is 9.93. The summed E-state index contributed by atoms with van der Waals surface area (Å²) < 4.78 is 16.0. The smallest absolute Gasteiger partial charge is 0.129 e. The van der Waals surface area contributed by atoms with Crippen LogP contribution in [0.2, 0.25) is 5.02 Å². The summed E-state index contributed by atoms with van der Waals surface area (Å²) in [5, 5.41) is 3.92. The van der Waals surface area contributed by atoms with Gasteiger partial charge >= 0.3 is 0 Å². The van der Waals surface area contributed by atoms with E-state index in [1.54, 1.807) is 17.4 Å². The maximum atomic E-state index is 14.4. The first-order valence-electron chi connectivity index (χ1n) is 6.57. The molecule has 0 fully saturated rings. The number of nitrogens with one attached hydrogen (secondary N) is 1. The molecule has 0 bridgehead atoms. The Hall–Kier alpha value is 0.0600. The third kappa shape index (κ3) is 4.08. The maximum Gasteiger partial charge on any atom is 0.129 e. The lowest BCUT2D eigenvalue weighted by atomic mass is 10.0. The summed E-state index contributed by atoms with van der Waals surface area (Å²) in [6.45, 7) is 4.93. The van der Waals surface area contributed by atoms with Gasteiger partial charge in [-0.2, -0.15) is 0 Å². The minimum atomic E-state index is -0.262. The summed E-state index contributed by atoms with van der Waals surface area (Å²) >= 11 is 14.5. The fourth-order valence-electron chi connectivity index (χ4n) is 2.04. The predicted octanol–water partition coefficient (Wildman–Crippen LogP) is 6.46. The van der Waals surface area contributed by atoms with Crippen LogP contribution >= 0.6 is 54.8 Å². The molecule has 1 atom stereocenters. The second kappa shape index (κ2) is 7.55. The predicted molar refractivity (Wildman–Crippen MR) is 96.0 cm³/mol. The average molecular weight is 456 g/mol. The number of hydrogen-bond donors (Lipinski definition) is 1. The van der Waals surface area contributed by atoms with Gasteiger partial charge in [0.25, 0.3) is 0 Å². The molecule has 0 radical (unpaired) electrons. The number of halogens is 4. The van der Waals surface area contributed by atoms with Crippen LogP contribution in [0.4, 0.5) is 4.39 Å². The molecule has 2 rings (SSSR count). The van der Waals surface area contributed by atoms with Crippen LogP contribution in [0.15, 0.2) is 26.5 Å². The molecule has 0 aliphatic carbocycles. The number of benzene rings is 1. The largest absolute Gasteiger partial charge is 0.306 e. The van der Waals surface area contributed by atoms with Crippen molar-refractivity contribution in [3.63, 3.8) is 0 Å². The molecule has 2 aromatic rings. The molecule has 1 unspecified atom stereocenters. The summed E-state index contributed by atoms with van der Waals surface area (Å²) in [7, 11) is 0. The first kappa shape index (κ1) is 17.4. The summed E-state index contributed by atoms with van der Waals surface area (Å²) in [6.07, 6.45) is 0.980. The molecule has 0 saturated carbocycles. The highest BCUT2D eigenvalue weighted by Crippen LogP contribution is 2.37. The Morgan fingerprint density at radius 3 is 2.62 bits per heavy atom. The third-order valence-electron chi connectivity index (χ3n) is 3.11. The molecule has 1 heterocycles. The minimum Gasteiger partial charge on any atom is -0.306 e. The topological polar surface area (TPSA) is 12.0 Å². The van der Waals surface area contributed by atoms with Crippen molar-refractivity contribution in [1.82, 2.24) is 5.32 Å². The van der Waals surface area contributed by atoms with Crippen molar-refractivity contribution < 1.29 is 4.39 Å². The number of hydrogen-bond acceptors (Lipinski definition) is 2. The van der Waals surface area contributed by atoms with Crippen LogP contribution in [0.25, 0.3) is 0 Å². The Kier molecular flexibility index (Phi) is 6.26. The number of aryl methyl sites for hydroxylation is 1. The highest BCUT2D eigenvalue weighted by molar-refractivity contribution is 9.11. The number of rotatable bonds is 5. The molecule has 114 valence electrons. The van der Waals surface area contributed by atoms with Crippen molar-refractivity contribution in [3.05, 3.63) is 53.3 Å². The van der Waals surface area contributed by atoms with E-state index in [-0.39, 0.29) is 11.9 Å². The molecular formula is C15H15Br2ClFNS. The highest BCUT2D eigenvalue weighted by atomic mass is 79.9. The second-order valence-corrected chi connectivity index (χ2v) is 8.44. The molecule has 0 aliphatic rings. The lowest BCUT2D eigenvalue weighted by Gasteiger charge is -2.19. The highest BCUT2D eigenvalue weighted by Gasteiger charge is 2.21. The molecule has 21 heavy (non-hydrogen) atoms. The van der Waals surface area contributed by atoms with Crippen LogP contribution < -0.4 is 5.32 Å². The van der Waals surface area contributed by atoms with E-state index >= 15 is 0 Å². The van der Waals surface area contributed by atoms with Crippen molar-refractivity contribution >= 4 is 54.8 Å². The van der Waals surface area contributed by atoms with Gasteiger partial charge < -0.3 is 5.32 Å². The van der Waals surface area contributed by atoms with Crippen LogP contribution in [0.5, 0.6) is 0 Å². The Balaban J connectivity index is 2.47. The zero-order chi connectivity index (χ0) is 15.6. The Labute approximate surface area is 150 Å². The van der Waals surface area contributed by atoms with E-state index in [9.17, 15) is 4.39 Å². The van der Waals surface area contributed by atoms with E-state index in [2.05, 4.69) is 50.2 Å². The molecule has 0 spiro atoms. The Bertz CT molecular complexity index is 625. The van der Waals surface area contributed by atoms with Gasteiger partial charge in [-0.15, -0.1) is 11.3 Å². The maximum absolute atomic E-state index is 14.4. The molecule has 1 N–H and O–H groups in total. The van der Waals surface area contributed by atoms with Gasteiger partial charge in [0.1, 0.15) is 5.82 Å². The molecule has 0 saturated heterocycles. The van der Waals surface area contributed by atoms with E-state index in [0.717, 1.165) is 27.2 Å². The fraction of sp³-hybridized carbons (Fsp3) is 0.333. The van der Waals surface area contributed by atoms with Gasteiger partial charge in [0.2, 0.25) is 0 Å². The van der Waals surface area contributed by atoms with E-state index in [0.29, 0.717) is 15.1 Å². The summed E-state index contributed by atoms with van der Waals surface area (Å²) in [4.78, 5) is 1.07. The van der Waals surface area contributed by atoms with Crippen LogP contribution in [0.1, 0.15) is 35.4 Å². The van der Waals surface area contributed by atoms with Gasteiger partial charge in [0, 0.05) is 14.9 Å². The van der Waals surface area contributed by atoms with E-state index < -0.39 is 0 Å². The van der Waals surface area contributed by atoms with Crippen molar-refractivity contribution in [1.29, 1.82) is 0 Å². The molecule has 1 nitrogen and oxygen atoms in total. The summed E-state index contributed by atoms with van der Waals surface area (Å²) in [6, 6.07) is 5.01. The van der Waals surface area contributed by atoms with Crippen LogP contribution in [-0.2, 0) is 0 Å². The van der Waals surface area contributed by atoms with Crippen LogP contribution in [0, 0.1) is 12.7 Å². The summed E-state index contributed by atoms with van der Waals surface area (Å²) in [5.41, 5.74) is 1.73. The Morgan fingerprint density at radius 1 is 1.33 bits per heavy atom. The molecule has 6 heteroatoms. The first-order valence-corrected chi connectivity index (χ1v) is 9.35. The average Bonchev–Trinajstić information content (AvgIpc) is 2.75. The molecular weight excluding hydrogens is 440 g/mol. The zero-order valence-electron chi connectivity index (χ0n) is 11.6. The van der Waals surface area contributed by atoms with E-state index in [1.807, 2.05) is 6.92 Å². The lowest BCUT2D eigenvalue weighted by Crippen LogP contribution is -2.23. The van der Waals surface area contributed by atoms with E-state index in [1.165, 1.54) is 6.07 Å². The van der Waals surface area contributed by atoms with Gasteiger partial charge in [-0.05, 0) is 75.5 Å². The standard InChI is InChI=1S/C15H15Br2ClFNS/c1-3-4-20-14(13-5-8(2)15(17)21-13)9-6-11(18)10(16)7-12(9)19/h5-7,14,20H,3-4H2,1-2H3. The molecule has 1 aromatic carbocycles. The van der Waals surface area contributed by atoms with Crippen molar-refractivity contribution in [2.24, 2.45) is 0 Å².